The van der Waals surface area contributed by atoms with Crippen molar-refractivity contribution in [3.05, 3.63) is 0 Å². The van der Waals surface area contributed by atoms with E-state index in [0.717, 1.165) is 25.7 Å². The Morgan fingerprint density at radius 2 is 1.47 bits per heavy atom. The number of esters is 1. The third kappa shape index (κ3) is 10.2. The zero-order chi connectivity index (χ0) is 32.9. The van der Waals surface area contributed by atoms with Gasteiger partial charge in [0.2, 0.25) is 17.6 Å². The van der Waals surface area contributed by atoms with Gasteiger partial charge in [0.15, 0.2) is 0 Å². The summed E-state index contributed by atoms with van der Waals surface area (Å²) >= 11 is 0. The molecule has 12 heteroatoms. The smallest absolute Gasteiger partial charge is 0.328 e. The lowest BCUT2D eigenvalue weighted by Crippen LogP contribution is -2.61. The fourth-order valence-corrected chi connectivity index (χ4v) is 5.97. The average Bonchev–Trinajstić information content (AvgIpc) is 3.54. The van der Waals surface area contributed by atoms with Gasteiger partial charge in [-0.2, -0.15) is 0 Å². The van der Waals surface area contributed by atoms with E-state index < -0.39 is 70.7 Å². The third-order valence-electron chi connectivity index (χ3n) is 8.27. The Hall–Kier alpha value is -3.18. The number of carbonyl (C=O) groups is 6. The van der Waals surface area contributed by atoms with Crippen LogP contribution in [0.4, 0.5) is 4.79 Å². The van der Waals surface area contributed by atoms with Gasteiger partial charge < -0.3 is 31.3 Å². The SMILES string of the molecule is CC(NC(=O)N[C@H](C(=O)N1CCC(C(C)C)[C@H]1C(=O)NC(CC1CCCC1)C(=O)C(N)=O)C(C)(C)C)C(=O)OC(C)(C)C. The van der Waals surface area contributed by atoms with Crippen molar-refractivity contribution in [3.63, 3.8) is 0 Å². The molecular formula is C31H53N5O7. The average molecular weight is 608 g/mol. The van der Waals surface area contributed by atoms with Crippen molar-refractivity contribution in [2.24, 2.45) is 28.9 Å². The van der Waals surface area contributed by atoms with Gasteiger partial charge in [0.05, 0.1) is 6.04 Å². The molecule has 2 rings (SSSR count). The number of urea groups is 1. The highest BCUT2D eigenvalue weighted by Crippen LogP contribution is 2.34. The van der Waals surface area contributed by atoms with Gasteiger partial charge in [0, 0.05) is 6.54 Å². The highest BCUT2D eigenvalue weighted by molar-refractivity contribution is 6.37. The van der Waals surface area contributed by atoms with Crippen LogP contribution in [0, 0.1) is 23.2 Å². The molecule has 0 radical (unpaired) electrons. The predicted octanol–water partition coefficient (Wildman–Crippen LogP) is 2.42. The lowest BCUT2D eigenvalue weighted by molar-refractivity contribution is -0.156. The molecule has 12 nitrogen and oxygen atoms in total. The molecule has 0 bridgehead atoms. The molecule has 244 valence electrons. The summed E-state index contributed by atoms with van der Waals surface area (Å²) in [7, 11) is 0. The van der Waals surface area contributed by atoms with Crippen LogP contribution in [0.25, 0.3) is 0 Å². The topological polar surface area (TPSA) is 177 Å². The Morgan fingerprint density at radius 3 is 1.95 bits per heavy atom. The van der Waals surface area contributed by atoms with E-state index in [1.807, 2.05) is 13.8 Å². The van der Waals surface area contributed by atoms with Gasteiger partial charge in [0.1, 0.15) is 23.7 Å². The highest BCUT2D eigenvalue weighted by atomic mass is 16.6. The number of Topliss-reactive ketones (excluding diaryl/α,β-unsaturated/α-hetero) is 1. The van der Waals surface area contributed by atoms with E-state index in [9.17, 15) is 28.8 Å². The standard InChI is InChI=1S/C31H53N5O7/c1-17(2)20-14-15-36(22(20)26(39)34-21(23(37)25(32)38)16-19-12-10-11-13-19)27(40)24(30(4,5)6)35-29(42)33-18(3)28(41)43-31(7,8)9/h17-22,24H,10-16H2,1-9H3,(H2,32,38)(H,34,39)(H2,33,35,42)/t18?,20?,21?,22-,24+/m0/s1. The van der Waals surface area contributed by atoms with Crippen LogP contribution in [-0.2, 0) is 28.7 Å². The van der Waals surface area contributed by atoms with E-state index in [4.69, 9.17) is 10.5 Å². The molecule has 5 N–H and O–H groups in total. The van der Waals surface area contributed by atoms with Gasteiger partial charge in [-0.1, -0.05) is 60.3 Å². The molecule has 0 spiro atoms. The first-order valence-corrected chi connectivity index (χ1v) is 15.5. The number of primary amides is 1. The lowest BCUT2D eigenvalue weighted by Gasteiger charge is -2.37. The molecule has 0 aromatic carbocycles. The molecule has 0 aromatic rings. The molecule has 1 aliphatic heterocycles. The van der Waals surface area contributed by atoms with Crippen LogP contribution in [-0.4, -0.2) is 76.7 Å². The number of amides is 5. The fraction of sp³-hybridized carbons (Fsp3) is 0.806. The van der Waals surface area contributed by atoms with Gasteiger partial charge >= 0.3 is 12.0 Å². The number of hydrogen-bond acceptors (Lipinski definition) is 7. The molecule has 1 saturated heterocycles. The van der Waals surface area contributed by atoms with E-state index in [0.29, 0.717) is 12.8 Å². The Kier molecular flexibility index (Phi) is 12.2. The molecule has 5 atom stereocenters. The fourth-order valence-electron chi connectivity index (χ4n) is 5.97. The van der Waals surface area contributed by atoms with Crippen molar-refractivity contribution in [2.45, 2.75) is 131 Å². The van der Waals surface area contributed by atoms with Crippen LogP contribution in [0.3, 0.4) is 0 Å². The van der Waals surface area contributed by atoms with Gasteiger partial charge in [-0.05, 0) is 63.7 Å². The first kappa shape index (κ1) is 36.0. The van der Waals surface area contributed by atoms with E-state index in [1.165, 1.54) is 11.8 Å². The summed E-state index contributed by atoms with van der Waals surface area (Å²) in [5, 5.41) is 8.03. The Labute approximate surface area is 256 Å². The summed E-state index contributed by atoms with van der Waals surface area (Å²) in [6.07, 6.45) is 4.76. The number of ketones is 1. The second kappa shape index (κ2) is 14.5. The van der Waals surface area contributed by atoms with Crippen LogP contribution < -0.4 is 21.7 Å². The first-order valence-electron chi connectivity index (χ1n) is 15.5. The monoisotopic (exact) mass is 607 g/mol. The molecule has 2 fully saturated rings. The number of rotatable bonds is 11. The summed E-state index contributed by atoms with van der Waals surface area (Å²) < 4.78 is 5.33. The van der Waals surface area contributed by atoms with Gasteiger partial charge in [-0.3, -0.25) is 19.2 Å². The van der Waals surface area contributed by atoms with E-state index in [2.05, 4.69) is 16.0 Å². The summed E-state index contributed by atoms with van der Waals surface area (Å²) in [4.78, 5) is 79.3. The number of hydrogen-bond donors (Lipinski definition) is 4. The minimum atomic E-state index is -1.10. The maximum absolute atomic E-state index is 14.1. The van der Waals surface area contributed by atoms with Crippen molar-refractivity contribution in [1.82, 2.24) is 20.9 Å². The molecule has 2 aliphatic rings. The van der Waals surface area contributed by atoms with Crippen molar-refractivity contribution >= 4 is 35.5 Å². The van der Waals surface area contributed by atoms with Crippen molar-refractivity contribution < 1.29 is 33.5 Å². The maximum atomic E-state index is 14.1. The van der Waals surface area contributed by atoms with Crippen LogP contribution in [0.1, 0.15) is 101 Å². The quantitative estimate of drug-likeness (QED) is 0.206. The van der Waals surface area contributed by atoms with Gasteiger partial charge in [0.25, 0.3) is 5.91 Å². The Balaban J connectivity index is 2.28. The predicted molar refractivity (Wildman–Crippen MR) is 161 cm³/mol. The number of nitrogens with two attached hydrogens (primary N) is 1. The maximum Gasteiger partial charge on any atom is 0.328 e. The summed E-state index contributed by atoms with van der Waals surface area (Å²) in [6, 6.07) is -4.70. The zero-order valence-electron chi connectivity index (χ0n) is 27.4. The second-order valence-corrected chi connectivity index (χ2v) is 14.5. The van der Waals surface area contributed by atoms with Gasteiger partial charge in [-0.15, -0.1) is 0 Å². The highest BCUT2D eigenvalue weighted by Gasteiger charge is 2.48. The molecule has 3 unspecified atom stereocenters. The molecule has 1 aliphatic carbocycles. The largest absolute Gasteiger partial charge is 0.458 e. The zero-order valence-corrected chi connectivity index (χ0v) is 27.4. The first-order chi connectivity index (χ1) is 19.7. The van der Waals surface area contributed by atoms with Crippen LogP contribution in [0.2, 0.25) is 0 Å². The molecule has 0 aromatic heterocycles. The molecular weight excluding hydrogens is 554 g/mol. The van der Waals surface area contributed by atoms with Crippen LogP contribution >= 0.6 is 0 Å². The van der Waals surface area contributed by atoms with Crippen molar-refractivity contribution in [2.75, 3.05) is 6.54 Å². The molecule has 1 heterocycles. The Morgan fingerprint density at radius 1 is 0.884 bits per heavy atom. The number of carbonyl (C=O) groups excluding carboxylic acids is 6. The molecule has 5 amide bonds. The lowest BCUT2D eigenvalue weighted by atomic mass is 9.84. The van der Waals surface area contributed by atoms with Gasteiger partial charge in [-0.25, -0.2) is 9.59 Å². The molecule has 1 saturated carbocycles. The summed E-state index contributed by atoms with van der Waals surface area (Å²) in [5.41, 5.74) is 3.84. The normalized spacial score (nSPS) is 21.6. The van der Waals surface area contributed by atoms with Crippen molar-refractivity contribution in [3.8, 4) is 0 Å². The number of nitrogens with zero attached hydrogens (tertiary/aromatic N) is 1. The number of likely N-dealkylation sites (tertiary alicyclic amines) is 1. The van der Waals surface area contributed by atoms with Crippen molar-refractivity contribution in [1.29, 1.82) is 0 Å². The molecule has 43 heavy (non-hydrogen) atoms. The van der Waals surface area contributed by atoms with E-state index >= 15 is 0 Å². The third-order valence-corrected chi connectivity index (χ3v) is 8.27. The van der Waals surface area contributed by atoms with Crippen LogP contribution in [0.15, 0.2) is 0 Å². The van der Waals surface area contributed by atoms with E-state index in [-0.39, 0.29) is 24.3 Å². The van der Waals surface area contributed by atoms with Crippen LogP contribution in [0.5, 0.6) is 0 Å². The minimum Gasteiger partial charge on any atom is -0.458 e. The number of ether oxygens (including phenoxy) is 1. The minimum absolute atomic E-state index is 0.0349. The Bertz CT molecular complexity index is 1060. The summed E-state index contributed by atoms with van der Waals surface area (Å²) in [6.45, 7) is 16.2. The number of nitrogens with one attached hydrogen (secondary N) is 3. The van der Waals surface area contributed by atoms with E-state index in [1.54, 1.807) is 41.5 Å². The second-order valence-electron chi connectivity index (χ2n) is 14.5. The summed E-state index contributed by atoms with van der Waals surface area (Å²) in [5.74, 6) is -3.51.